The van der Waals surface area contributed by atoms with Crippen LogP contribution in [0.2, 0.25) is 0 Å². The molecule has 1 amide bonds. The van der Waals surface area contributed by atoms with Gasteiger partial charge in [0.05, 0.1) is 13.2 Å². The molecule has 1 aromatic carbocycles. The van der Waals surface area contributed by atoms with Gasteiger partial charge in [-0.15, -0.1) is 0 Å². The summed E-state index contributed by atoms with van der Waals surface area (Å²) in [7, 11) is 0. The molecule has 0 spiro atoms. The number of benzene rings is 1. The summed E-state index contributed by atoms with van der Waals surface area (Å²) >= 11 is 0. The van der Waals surface area contributed by atoms with E-state index in [1.165, 1.54) is 10.6 Å². The summed E-state index contributed by atoms with van der Waals surface area (Å²) < 4.78 is 11.2. The standard InChI is InChI=1S/C19H29N3O3/c1-14-12-22(13-15(2)25-14)16(3)19(23)20-17-4-6-18(7-5-17)21-8-10-24-11-9-21/h4-7,14-16H,8-13H2,1-3H3,(H,20,23)/p+1/t14-,15-,16+/m1/s1. The zero-order valence-corrected chi connectivity index (χ0v) is 15.5. The Labute approximate surface area is 150 Å². The quantitative estimate of drug-likeness (QED) is 0.834. The third kappa shape index (κ3) is 4.71. The Balaban J connectivity index is 1.56. The van der Waals surface area contributed by atoms with Crippen LogP contribution in [0.25, 0.3) is 0 Å². The third-order valence-electron chi connectivity index (χ3n) is 5.08. The van der Waals surface area contributed by atoms with Gasteiger partial charge in [0.15, 0.2) is 6.04 Å². The fourth-order valence-corrected chi connectivity index (χ4v) is 3.68. The van der Waals surface area contributed by atoms with E-state index in [1.807, 2.05) is 19.1 Å². The Bertz CT molecular complexity index is 562. The third-order valence-corrected chi connectivity index (χ3v) is 5.08. The van der Waals surface area contributed by atoms with Crippen LogP contribution in [0.1, 0.15) is 20.8 Å². The summed E-state index contributed by atoms with van der Waals surface area (Å²) in [6.07, 6.45) is 0.392. The van der Waals surface area contributed by atoms with Crippen molar-refractivity contribution < 1.29 is 19.2 Å². The van der Waals surface area contributed by atoms with Gasteiger partial charge >= 0.3 is 0 Å². The molecule has 0 unspecified atom stereocenters. The van der Waals surface area contributed by atoms with Gasteiger partial charge in [-0.3, -0.25) is 4.79 Å². The van der Waals surface area contributed by atoms with Crippen LogP contribution >= 0.6 is 0 Å². The minimum atomic E-state index is -0.0901. The number of nitrogens with zero attached hydrogens (tertiary/aromatic N) is 1. The van der Waals surface area contributed by atoms with Gasteiger partial charge in [-0.25, -0.2) is 0 Å². The minimum Gasteiger partial charge on any atom is -0.378 e. The molecule has 2 N–H and O–H groups in total. The van der Waals surface area contributed by atoms with E-state index in [-0.39, 0.29) is 24.2 Å². The molecule has 0 radical (unpaired) electrons. The van der Waals surface area contributed by atoms with Crippen LogP contribution < -0.4 is 15.1 Å². The fourth-order valence-electron chi connectivity index (χ4n) is 3.68. The number of amides is 1. The molecule has 2 saturated heterocycles. The lowest BCUT2D eigenvalue weighted by Gasteiger charge is -2.35. The first kappa shape index (κ1) is 18.2. The Hall–Kier alpha value is -1.63. The number of carbonyl (C=O) groups is 1. The predicted octanol–water partition coefficient (Wildman–Crippen LogP) is 0.542. The number of hydrogen-bond donors (Lipinski definition) is 2. The summed E-state index contributed by atoms with van der Waals surface area (Å²) in [5, 5.41) is 3.05. The van der Waals surface area contributed by atoms with Crippen LogP contribution in [0.15, 0.2) is 24.3 Å². The lowest BCUT2D eigenvalue weighted by atomic mass is 10.1. The zero-order chi connectivity index (χ0) is 17.8. The van der Waals surface area contributed by atoms with E-state index in [4.69, 9.17) is 9.47 Å². The summed E-state index contributed by atoms with van der Waals surface area (Å²) in [4.78, 5) is 16.2. The van der Waals surface area contributed by atoms with Crippen molar-refractivity contribution in [2.24, 2.45) is 0 Å². The maximum atomic E-state index is 12.6. The van der Waals surface area contributed by atoms with Crippen LogP contribution in [0.3, 0.4) is 0 Å². The van der Waals surface area contributed by atoms with Crippen LogP contribution in [0.5, 0.6) is 0 Å². The molecule has 2 heterocycles. The van der Waals surface area contributed by atoms with Crippen molar-refractivity contribution in [1.82, 2.24) is 0 Å². The van der Waals surface area contributed by atoms with E-state index >= 15 is 0 Å². The first-order valence-corrected chi connectivity index (χ1v) is 9.26. The van der Waals surface area contributed by atoms with E-state index < -0.39 is 0 Å². The molecule has 6 heteroatoms. The van der Waals surface area contributed by atoms with Crippen molar-refractivity contribution in [1.29, 1.82) is 0 Å². The van der Waals surface area contributed by atoms with Crippen molar-refractivity contribution in [3.63, 3.8) is 0 Å². The summed E-state index contributed by atoms with van der Waals surface area (Å²) in [5.74, 6) is 0.0652. The van der Waals surface area contributed by atoms with Crippen LogP contribution in [-0.2, 0) is 14.3 Å². The number of carbonyl (C=O) groups excluding carboxylic acids is 1. The van der Waals surface area contributed by atoms with E-state index in [0.29, 0.717) is 0 Å². The molecule has 0 bridgehead atoms. The summed E-state index contributed by atoms with van der Waals surface area (Å²) in [6, 6.07) is 8.01. The highest BCUT2D eigenvalue weighted by atomic mass is 16.5. The van der Waals surface area contributed by atoms with E-state index in [2.05, 4.69) is 36.2 Å². The number of anilines is 2. The zero-order valence-electron chi connectivity index (χ0n) is 15.5. The first-order chi connectivity index (χ1) is 12.0. The topological polar surface area (TPSA) is 55.2 Å². The lowest BCUT2D eigenvalue weighted by molar-refractivity contribution is -0.928. The average molecular weight is 348 g/mol. The molecule has 3 rings (SSSR count). The van der Waals surface area contributed by atoms with E-state index in [1.54, 1.807) is 0 Å². The van der Waals surface area contributed by atoms with Crippen molar-refractivity contribution in [3.05, 3.63) is 24.3 Å². The van der Waals surface area contributed by atoms with Crippen LogP contribution in [0, 0.1) is 0 Å². The molecule has 0 saturated carbocycles. The van der Waals surface area contributed by atoms with Gasteiger partial charge in [0.25, 0.3) is 5.91 Å². The predicted molar refractivity (Wildman–Crippen MR) is 98.3 cm³/mol. The molecule has 1 aromatic rings. The van der Waals surface area contributed by atoms with Gasteiger partial charge in [-0.1, -0.05) is 0 Å². The molecule has 3 atom stereocenters. The van der Waals surface area contributed by atoms with Crippen molar-refractivity contribution in [2.45, 2.75) is 39.0 Å². The molecule has 2 aliphatic rings. The van der Waals surface area contributed by atoms with Crippen LogP contribution in [-0.4, -0.2) is 63.5 Å². The molecular formula is C19H30N3O3+. The highest BCUT2D eigenvalue weighted by molar-refractivity contribution is 5.93. The first-order valence-electron chi connectivity index (χ1n) is 9.26. The van der Waals surface area contributed by atoms with Gasteiger partial charge in [0.2, 0.25) is 0 Å². The highest BCUT2D eigenvalue weighted by Crippen LogP contribution is 2.19. The molecule has 2 aliphatic heterocycles. The normalized spacial score (nSPS) is 28.4. The second-order valence-electron chi connectivity index (χ2n) is 7.18. The van der Waals surface area contributed by atoms with Gasteiger partial charge in [0, 0.05) is 24.5 Å². The number of rotatable bonds is 4. The van der Waals surface area contributed by atoms with Gasteiger partial charge in [-0.2, -0.15) is 0 Å². The maximum Gasteiger partial charge on any atom is 0.282 e. The monoisotopic (exact) mass is 348 g/mol. The smallest absolute Gasteiger partial charge is 0.282 e. The number of hydrogen-bond acceptors (Lipinski definition) is 4. The average Bonchev–Trinajstić information content (AvgIpc) is 2.61. The number of ether oxygens (including phenoxy) is 2. The molecule has 6 nitrogen and oxygen atoms in total. The van der Waals surface area contributed by atoms with Crippen LogP contribution in [0.4, 0.5) is 11.4 Å². The molecule has 138 valence electrons. The van der Waals surface area contributed by atoms with E-state index in [0.717, 1.165) is 45.1 Å². The molecular weight excluding hydrogens is 318 g/mol. The summed E-state index contributed by atoms with van der Waals surface area (Å²) in [5.41, 5.74) is 2.03. The van der Waals surface area contributed by atoms with Crippen molar-refractivity contribution >= 4 is 17.3 Å². The highest BCUT2D eigenvalue weighted by Gasteiger charge is 2.32. The van der Waals surface area contributed by atoms with Crippen molar-refractivity contribution in [2.75, 3.05) is 49.6 Å². The Kier molecular flexibility index (Phi) is 5.93. The number of nitrogens with one attached hydrogen (secondary N) is 2. The Morgan fingerprint density at radius 1 is 1.16 bits per heavy atom. The SMILES string of the molecule is C[C@@H]1C[NH+]([C@@H](C)C(=O)Nc2ccc(N3CCOCC3)cc2)C[C@@H](C)O1. The van der Waals surface area contributed by atoms with Crippen molar-refractivity contribution in [3.8, 4) is 0 Å². The lowest BCUT2D eigenvalue weighted by Crippen LogP contribution is -3.19. The largest absolute Gasteiger partial charge is 0.378 e. The molecule has 0 aromatic heterocycles. The second-order valence-corrected chi connectivity index (χ2v) is 7.18. The fraction of sp³-hybridized carbons (Fsp3) is 0.632. The van der Waals surface area contributed by atoms with Gasteiger partial charge < -0.3 is 24.6 Å². The molecule has 2 fully saturated rings. The maximum absolute atomic E-state index is 12.6. The summed E-state index contributed by atoms with van der Waals surface area (Å²) in [6.45, 7) is 11.3. The number of quaternary nitrogens is 1. The molecule has 25 heavy (non-hydrogen) atoms. The van der Waals surface area contributed by atoms with Gasteiger partial charge in [0.1, 0.15) is 25.3 Å². The Morgan fingerprint density at radius 2 is 1.76 bits per heavy atom. The second kappa shape index (κ2) is 8.17. The van der Waals surface area contributed by atoms with E-state index in [9.17, 15) is 4.79 Å². The Morgan fingerprint density at radius 3 is 2.36 bits per heavy atom. The molecule has 0 aliphatic carbocycles. The minimum absolute atomic E-state index is 0.0652. The number of morpholine rings is 2. The van der Waals surface area contributed by atoms with Gasteiger partial charge in [-0.05, 0) is 45.0 Å².